The quantitative estimate of drug-likeness (QED) is 0.903. The molecule has 1 saturated heterocycles. The molecule has 2 heterocycles. The third kappa shape index (κ3) is 2.14. The van der Waals surface area contributed by atoms with Gasteiger partial charge in [-0.3, -0.25) is 4.57 Å². The summed E-state index contributed by atoms with van der Waals surface area (Å²) >= 11 is 6.22. The molecule has 1 unspecified atom stereocenters. The lowest BCUT2D eigenvalue weighted by Gasteiger charge is -2.24. The largest absolute Gasteiger partial charge is 0.369 e. The Morgan fingerprint density at radius 1 is 1.39 bits per heavy atom. The number of nitrogens with zero attached hydrogens (tertiary/aromatic N) is 2. The molecule has 0 saturated carbocycles. The zero-order chi connectivity index (χ0) is 12.4. The fourth-order valence-corrected chi connectivity index (χ4v) is 2.37. The number of benzene rings is 1. The lowest BCUT2D eigenvalue weighted by atomic mass is 10.2. The molecule has 0 spiro atoms. The van der Waals surface area contributed by atoms with Crippen molar-refractivity contribution < 1.29 is 4.74 Å². The van der Waals surface area contributed by atoms with Crippen LogP contribution in [0.3, 0.4) is 0 Å². The van der Waals surface area contributed by atoms with Gasteiger partial charge in [-0.05, 0) is 12.1 Å². The predicted octanol–water partition coefficient (Wildman–Crippen LogP) is 2.19. The van der Waals surface area contributed by atoms with Gasteiger partial charge in [0.2, 0.25) is 0 Å². The van der Waals surface area contributed by atoms with E-state index in [0.717, 1.165) is 31.1 Å². The van der Waals surface area contributed by atoms with Crippen LogP contribution >= 0.6 is 11.6 Å². The standard InChI is InChI=1S/C13H14ClN3O/c14-10-3-1-2-4-11(10)17-9-16-7-12(17)13-8-15-5-6-18-13/h1-4,7,9,13,15H,5-6,8H2. The summed E-state index contributed by atoms with van der Waals surface area (Å²) in [6, 6.07) is 7.73. The molecule has 5 heteroatoms. The summed E-state index contributed by atoms with van der Waals surface area (Å²) in [6.07, 6.45) is 3.63. The Balaban J connectivity index is 1.98. The van der Waals surface area contributed by atoms with Crippen molar-refractivity contribution in [1.29, 1.82) is 0 Å². The van der Waals surface area contributed by atoms with Crippen molar-refractivity contribution in [2.24, 2.45) is 0 Å². The van der Waals surface area contributed by atoms with Crippen LogP contribution in [-0.2, 0) is 4.74 Å². The summed E-state index contributed by atoms with van der Waals surface area (Å²) in [5, 5.41) is 4.03. The van der Waals surface area contributed by atoms with Crippen LogP contribution in [0.4, 0.5) is 0 Å². The third-order valence-electron chi connectivity index (χ3n) is 3.04. The Morgan fingerprint density at radius 2 is 2.28 bits per heavy atom. The molecule has 0 aliphatic carbocycles. The number of imidazole rings is 1. The Morgan fingerprint density at radius 3 is 3.06 bits per heavy atom. The van der Waals surface area contributed by atoms with Crippen molar-refractivity contribution in [3.05, 3.63) is 47.5 Å². The highest BCUT2D eigenvalue weighted by atomic mass is 35.5. The summed E-state index contributed by atoms with van der Waals surface area (Å²) < 4.78 is 7.74. The van der Waals surface area contributed by atoms with Crippen molar-refractivity contribution in [2.45, 2.75) is 6.10 Å². The molecule has 0 bridgehead atoms. The van der Waals surface area contributed by atoms with Gasteiger partial charge in [0.05, 0.1) is 35.5 Å². The highest BCUT2D eigenvalue weighted by Gasteiger charge is 2.20. The molecule has 0 radical (unpaired) electrons. The minimum atomic E-state index is 0.0255. The van der Waals surface area contributed by atoms with Gasteiger partial charge in [-0.1, -0.05) is 23.7 Å². The van der Waals surface area contributed by atoms with Crippen molar-refractivity contribution in [3.8, 4) is 5.69 Å². The maximum atomic E-state index is 6.22. The normalized spacial score (nSPS) is 19.9. The fraction of sp³-hybridized carbons (Fsp3) is 0.308. The average Bonchev–Trinajstić information content (AvgIpc) is 2.89. The second-order valence-corrected chi connectivity index (χ2v) is 4.61. The van der Waals surface area contributed by atoms with Gasteiger partial charge >= 0.3 is 0 Å². The molecule has 2 aromatic rings. The molecule has 0 amide bonds. The molecule has 1 aromatic carbocycles. The molecule has 3 rings (SSSR count). The first kappa shape index (κ1) is 11.7. The third-order valence-corrected chi connectivity index (χ3v) is 3.36. The van der Waals surface area contributed by atoms with E-state index in [1.165, 1.54) is 0 Å². The molecule has 1 aliphatic rings. The topological polar surface area (TPSA) is 39.1 Å². The first-order valence-electron chi connectivity index (χ1n) is 5.96. The van der Waals surface area contributed by atoms with E-state index in [1.54, 1.807) is 6.33 Å². The van der Waals surface area contributed by atoms with Crippen molar-refractivity contribution >= 4 is 11.6 Å². The number of halogens is 1. The van der Waals surface area contributed by atoms with E-state index in [4.69, 9.17) is 16.3 Å². The van der Waals surface area contributed by atoms with Crippen LogP contribution in [0.15, 0.2) is 36.8 Å². The number of hydrogen-bond donors (Lipinski definition) is 1. The van der Waals surface area contributed by atoms with Crippen LogP contribution in [0.5, 0.6) is 0 Å². The van der Waals surface area contributed by atoms with Crippen LogP contribution in [0.1, 0.15) is 11.8 Å². The number of rotatable bonds is 2. The SMILES string of the molecule is Clc1ccccc1-n1cncc1C1CNCCO1. The summed E-state index contributed by atoms with van der Waals surface area (Å²) in [5.74, 6) is 0. The lowest BCUT2D eigenvalue weighted by Crippen LogP contribution is -2.34. The molecule has 18 heavy (non-hydrogen) atoms. The molecule has 1 N–H and O–H groups in total. The number of ether oxygens (including phenoxy) is 1. The lowest BCUT2D eigenvalue weighted by molar-refractivity contribution is 0.0240. The van der Waals surface area contributed by atoms with E-state index < -0.39 is 0 Å². The molecule has 94 valence electrons. The van der Waals surface area contributed by atoms with Crippen molar-refractivity contribution in [2.75, 3.05) is 19.7 Å². The van der Waals surface area contributed by atoms with E-state index in [0.29, 0.717) is 5.02 Å². The molecule has 1 atom stereocenters. The van der Waals surface area contributed by atoms with Crippen LogP contribution in [0.2, 0.25) is 5.02 Å². The zero-order valence-electron chi connectivity index (χ0n) is 9.84. The van der Waals surface area contributed by atoms with Gasteiger partial charge in [-0.2, -0.15) is 0 Å². The van der Waals surface area contributed by atoms with Gasteiger partial charge in [0.1, 0.15) is 6.10 Å². The first-order valence-corrected chi connectivity index (χ1v) is 6.33. The van der Waals surface area contributed by atoms with Crippen LogP contribution in [0.25, 0.3) is 5.69 Å². The molecular formula is C13H14ClN3O. The fourth-order valence-electron chi connectivity index (χ4n) is 2.15. The minimum Gasteiger partial charge on any atom is -0.369 e. The highest BCUT2D eigenvalue weighted by molar-refractivity contribution is 6.32. The van der Waals surface area contributed by atoms with E-state index in [9.17, 15) is 0 Å². The van der Waals surface area contributed by atoms with E-state index in [1.807, 2.05) is 35.0 Å². The van der Waals surface area contributed by atoms with Crippen LogP contribution in [-0.4, -0.2) is 29.2 Å². The van der Waals surface area contributed by atoms with E-state index in [-0.39, 0.29) is 6.10 Å². The minimum absolute atomic E-state index is 0.0255. The van der Waals surface area contributed by atoms with Gasteiger partial charge in [0, 0.05) is 13.1 Å². The second kappa shape index (κ2) is 5.10. The molecule has 1 aromatic heterocycles. The smallest absolute Gasteiger partial charge is 0.112 e. The Kier molecular flexibility index (Phi) is 3.32. The summed E-state index contributed by atoms with van der Waals surface area (Å²) in [7, 11) is 0. The zero-order valence-corrected chi connectivity index (χ0v) is 10.6. The number of hydrogen-bond acceptors (Lipinski definition) is 3. The summed E-state index contributed by atoms with van der Waals surface area (Å²) in [6.45, 7) is 2.42. The molecule has 1 fully saturated rings. The van der Waals surface area contributed by atoms with Gasteiger partial charge in [-0.25, -0.2) is 4.98 Å². The van der Waals surface area contributed by atoms with E-state index in [2.05, 4.69) is 10.3 Å². The van der Waals surface area contributed by atoms with Crippen molar-refractivity contribution in [1.82, 2.24) is 14.9 Å². The first-order chi connectivity index (χ1) is 8.86. The monoisotopic (exact) mass is 263 g/mol. The maximum Gasteiger partial charge on any atom is 0.112 e. The molecular weight excluding hydrogens is 250 g/mol. The number of nitrogens with one attached hydrogen (secondary N) is 1. The van der Waals surface area contributed by atoms with Crippen molar-refractivity contribution in [3.63, 3.8) is 0 Å². The number of morpholine rings is 1. The van der Waals surface area contributed by atoms with Crippen LogP contribution in [0, 0.1) is 0 Å². The van der Waals surface area contributed by atoms with Gasteiger partial charge in [0.25, 0.3) is 0 Å². The highest BCUT2D eigenvalue weighted by Crippen LogP contribution is 2.25. The number of para-hydroxylation sites is 1. The molecule has 4 nitrogen and oxygen atoms in total. The maximum absolute atomic E-state index is 6.22. The Bertz CT molecular complexity index is 535. The van der Waals surface area contributed by atoms with E-state index >= 15 is 0 Å². The molecule has 1 aliphatic heterocycles. The number of aromatic nitrogens is 2. The van der Waals surface area contributed by atoms with Gasteiger partial charge < -0.3 is 10.1 Å². The van der Waals surface area contributed by atoms with Gasteiger partial charge in [-0.15, -0.1) is 0 Å². The summed E-state index contributed by atoms with van der Waals surface area (Å²) in [5.41, 5.74) is 1.95. The second-order valence-electron chi connectivity index (χ2n) is 4.20. The average molecular weight is 264 g/mol. The van der Waals surface area contributed by atoms with Gasteiger partial charge in [0.15, 0.2) is 0 Å². The summed E-state index contributed by atoms with van der Waals surface area (Å²) in [4.78, 5) is 4.21. The predicted molar refractivity (Wildman–Crippen MR) is 70.1 cm³/mol. The van der Waals surface area contributed by atoms with Crippen LogP contribution < -0.4 is 5.32 Å². The Hall–Kier alpha value is -1.36. The Labute approximate surface area is 111 Å².